The van der Waals surface area contributed by atoms with E-state index in [2.05, 4.69) is 91.6 Å². The number of hydrogen-bond acceptors (Lipinski definition) is 0. The van der Waals surface area contributed by atoms with Gasteiger partial charge < -0.3 is 0 Å². The van der Waals surface area contributed by atoms with E-state index < -0.39 is 0 Å². The van der Waals surface area contributed by atoms with Crippen LogP contribution >= 0.6 is 9.24 Å². The molecular weight excluding hydrogens is 307 g/mol. The largest absolute Gasteiger partial charge is 0.130 e. The molecule has 24 heavy (non-hydrogen) atoms. The highest BCUT2D eigenvalue weighted by atomic mass is 31.0. The predicted molar refractivity (Wildman–Crippen MR) is 113 cm³/mol. The quantitative estimate of drug-likeness (QED) is 0.487. The molecule has 0 bridgehead atoms. The maximum Gasteiger partial charge on any atom is -0.00790 e. The molecule has 1 aromatic carbocycles. The third-order valence-corrected chi connectivity index (χ3v) is 5.44. The molecule has 1 heteroatoms. The Balaban J connectivity index is 2.61. The summed E-state index contributed by atoms with van der Waals surface area (Å²) in [6, 6.07) is 8.78. The van der Waals surface area contributed by atoms with Crippen LogP contribution in [0.2, 0.25) is 0 Å². The second-order valence-electron chi connectivity index (χ2n) is 6.61. The minimum atomic E-state index is 0.503. The highest BCUT2D eigenvalue weighted by Gasteiger charge is 2.20. The van der Waals surface area contributed by atoms with Gasteiger partial charge in [-0.2, -0.15) is 0 Å². The Labute approximate surface area is 150 Å². The van der Waals surface area contributed by atoms with Crippen LogP contribution in [-0.4, -0.2) is 5.66 Å². The first-order valence-electron chi connectivity index (χ1n) is 9.21. The van der Waals surface area contributed by atoms with Crippen molar-refractivity contribution in [2.24, 2.45) is 5.92 Å². The molecule has 0 aliphatic heterocycles. The molecule has 0 N–H and O–H groups in total. The van der Waals surface area contributed by atoms with E-state index in [4.69, 9.17) is 0 Å². The Kier molecular flexibility index (Phi) is 7.25. The standard InChI is InChI=1S/C23H31P/c1-5-10-19-11-8-9-12-21(19)23(16-20(24)7-3)22-15-18(6-2)14-13-17(22)4/h5,8-12,14-17,20H,6-7,13,24H2,1-4H3/b10-5-,23-16-. The molecule has 0 saturated heterocycles. The molecule has 2 rings (SSSR count). The van der Waals surface area contributed by atoms with E-state index in [9.17, 15) is 0 Å². The van der Waals surface area contributed by atoms with Gasteiger partial charge in [-0.15, -0.1) is 9.24 Å². The van der Waals surface area contributed by atoms with Crippen LogP contribution in [-0.2, 0) is 0 Å². The summed E-state index contributed by atoms with van der Waals surface area (Å²) in [6.07, 6.45) is 15.0. The number of hydrogen-bond donors (Lipinski definition) is 0. The average molecular weight is 338 g/mol. The van der Waals surface area contributed by atoms with Gasteiger partial charge in [0, 0.05) is 0 Å². The van der Waals surface area contributed by atoms with Gasteiger partial charge in [-0.05, 0) is 60.0 Å². The number of rotatable bonds is 6. The number of benzene rings is 1. The van der Waals surface area contributed by atoms with Gasteiger partial charge in [-0.3, -0.25) is 0 Å². The van der Waals surface area contributed by atoms with Gasteiger partial charge in [-0.1, -0.05) is 81.0 Å². The molecule has 3 atom stereocenters. The molecule has 0 aromatic heterocycles. The molecule has 0 nitrogen and oxygen atoms in total. The van der Waals surface area contributed by atoms with Gasteiger partial charge in [-0.25, -0.2) is 0 Å². The zero-order valence-corrected chi connectivity index (χ0v) is 16.7. The summed E-state index contributed by atoms with van der Waals surface area (Å²) < 4.78 is 0. The van der Waals surface area contributed by atoms with E-state index in [1.807, 2.05) is 0 Å². The van der Waals surface area contributed by atoms with E-state index in [1.54, 1.807) is 0 Å². The molecule has 3 unspecified atom stereocenters. The van der Waals surface area contributed by atoms with E-state index in [-0.39, 0.29) is 0 Å². The predicted octanol–water partition coefficient (Wildman–Crippen LogP) is 7.06. The minimum Gasteiger partial charge on any atom is -0.130 e. The first-order valence-corrected chi connectivity index (χ1v) is 9.87. The summed E-state index contributed by atoms with van der Waals surface area (Å²) in [6.45, 7) is 8.94. The van der Waals surface area contributed by atoms with Crippen molar-refractivity contribution in [2.75, 3.05) is 0 Å². The molecule has 0 radical (unpaired) electrons. The van der Waals surface area contributed by atoms with Crippen LogP contribution in [0.5, 0.6) is 0 Å². The van der Waals surface area contributed by atoms with Crippen molar-refractivity contribution in [1.29, 1.82) is 0 Å². The second-order valence-corrected chi connectivity index (χ2v) is 7.47. The van der Waals surface area contributed by atoms with E-state index in [1.165, 1.54) is 27.8 Å². The molecule has 0 saturated carbocycles. The molecular formula is C23H31P. The molecule has 1 aromatic rings. The summed E-state index contributed by atoms with van der Waals surface area (Å²) in [7, 11) is 2.99. The van der Waals surface area contributed by atoms with E-state index in [0.717, 1.165) is 19.3 Å². The highest BCUT2D eigenvalue weighted by molar-refractivity contribution is 7.17. The topological polar surface area (TPSA) is 0 Å². The molecule has 0 heterocycles. The van der Waals surface area contributed by atoms with Crippen molar-refractivity contribution >= 4 is 20.9 Å². The van der Waals surface area contributed by atoms with Crippen LogP contribution in [0.4, 0.5) is 0 Å². The lowest BCUT2D eigenvalue weighted by molar-refractivity contribution is 0.698. The van der Waals surface area contributed by atoms with E-state index in [0.29, 0.717) is 11.6 Å². The maximum absolute atomic E-state index is 2.99. The van der Waals surface area contributed by atoms with Crippen LogP contribution in [0.1, 0.15) is 58.1 Å². The molecule has 1 aliphatic rings. The van der Waals surface area contributed by atoms with Gasteiger partial charge >= 0.3 is 0 Å². The molecule has 128 valence electrons. The van der Waals surface area contributed by atoms with Crippen molar-refractivity contribution in [3.8, 4) is 0 Å². The van der Waals surface area contributed by atoms with Crippen LogP contribution in [0.25, 0.3) is 11.6 Å². The van der Waals surface area contributed by atoms with Gasteiger partial charge in [0.1, 0.15) is 0 Å². The smallest absolute Gasteiger partial charge is 0.00790 e. The summed E-state index contributed by atoms with van der Waals surface area (Å²) in [4.78, 5) is 0. The lowest BCUT2D eigenvalue weighted by atomic mass is 9.80. The lowest BCUT2D eigenvalue weighted by Crippen LogP contribution is -2.08. The molecule has 0 spiro atoms. The SMILES string of the molecule is C/C=C\c1ccccc1/C(=C/C(P)CC)C1=CC(CC)=CCC1C. The normalized spacial score (nSPS) is 20.0. The van der Waals surface area contributed by atoms with E-state index >= 15 is 0 Å². The van der Waals surface area contributed by atoms with Crippen molar-refractivity contribution in [2.45, 2.75) is 52.6 Å². The third-order valence-electron chi connectivity index (χ3n) is 4.77. The Morgan fingerprint density at radius 2 is 2.04 bits per heavy atom. The Bertz CT molecular complexity index is 673. The third kappa shape index (κ3) is 4.58. The van der Waals surface area contributed by atoms with Crippen LogP contribution in [0.3, 0.4) is 0 Å². The van der Waals surface area contributed by atoms with Gasteiger partial charge in [0.2, 0.25) is 0 Å². The van der Waals surface area contributed by atoms with Gasteiger partial charge in [0.05, 0.1) is 0 Å². The fourth-order valence-corrected chi connectivity index (χ4v) is 3.38. The van der Waals surface area contributed by atoms with Gasteiger partial charge in [0.15, 0.2) is 0 Å². The highest BCUT2D eigenvalue weighted by Crippen LogP contribution is 2.38. The molecule has 0 fully saturated rings. The monoisotopic (exact) mass is 338 g/mol. The van der Waals surface area contributed by atoms with Gasteiger partial charge in [0.25, 0.3) is 0 Å². The Morgan fingerprint density at radius 3 is 2.71 bits per heavy atom. The Hall–Kier alpha value is -1.39. The van der Waals surface area contributed by atoms with Crippen molar-refractivity contribution < 1.29 is 0 Å². The maximum atomic E-state index is 2.99. The first-order chi connectivity index (χ1) is 11.6. The fraction of sp³-hybridized carbons (Fsp3) is 0.391. The summed E-state index contributed by atoms with van der Waals surface area (Å²) >= 11 is 0. The molecule has 0 amide bonds. The summed E-state index contributed by atoms with van der Waals surface area (Å²) in [5, 5.41) is 0. The van der Waals surface area contributed by atoms with Crippen LogP contribution < -0.4 is 0 Å². The lowest BCUT2D eigenvalue weighted by Gasteiger charge is -2.25. The second kappa shape index (κ2) is 9.19. The fourth-order valence-electron chi connectivity index (χ4n) is 3.19. The minimum absolute atomic E-state index is 0.503. The zero-order chi connectivity index (χ0) is 17.5. The average Bonchev–Trinajstić information content (AvgIpc) is 2.61. The summed E-state index contributed by atoms with van der Waals surface area (Å²) in [5.74, 6) is 0.569. The van der Waals surface area contributed by atoms with Crippen molar-refractivity contribution in [3.63, 3.8) is 0 Å². The van der Waals surface area contributed by atoms with Crippen LogP contribution in [0, 0.1) is 5.92 Å². The van der Waals surface area contributed by atoms with Crippen LogP contribution in [0.15, 0.2) is 59.7 Å². The number of allylic oxidation sites excluding steroid dienone is 7. The first kappa shape index (κ1) is 18.9. The molecule has 1 aliphatic carbocycles. The van der Waals surface area contributed by atoms with Crippen molar-refractivity contribution in [1.82, 2.24) is 0 Å². The Morgan fingerprint density at radius 1 is 1.29 bits per heavy atom. The van der Waals surface area contributed by atoms with Crippen molar-refractivity contribution in [3.05, 3.63) is 70.8 Å². The summed E-state index contributed by atoms with van der Waals surface area (Å²) in [5.41, 5.74) is 7.54. The zero-order valence-electron chi connectivity index (χ0n) is 15.5.